The van der Waals surface area contributed by atoms with Crippen molar-refractivity contribution in [3.8, 4) is 0 Å². The van der Waals surface area contributed by atoms with Crippen LogP contribution in [-0.2, 0) is 19.2 Å². The third-order valence-electron chi connectivity index (χ3n) is 10.8. The molecule has 0 heterocycles. The highest BCUT2D eigenvalue weighted by molar-refractivity contribution is 5.96. The molecule has 0 aromatic heterocycles. The zero-order valence-corrected chi connectivity index (χ0v) is 23.9. The zero-order chi connectivity index (χ0) is 29.7. The molecule has 6 N–H and O–H groups in total. The molecule has 0 unspecified atom stereocenters. The second-order valence-corrected chi connectivity index (χ2v) is 13.5. The van der Waals surface area contributed by atoms with Gasteiger partial charge in [-0.25, -0.2) is 4.79 Å². The van der Waals surface area contributed by atoms with Gasteiger partial charge in [-0.3, -0.25) is 9.59 Å². The first-order chi connectivity index (χ1) is 18.6. The van der Waals surface area contributed by atoms with Gasteiger partial charge in [-0.15, -0.1) is 0 Å². The Balaban J connectivity index is 1.41. The lowest BCUT2D eigenvalue weighted by molar-refractivity contribution is -0.181. The number of rotatable bonds is 9. The van der Waals surface area contributed by atoms with Crippen LogP contribution < -0.4 is 5.32 Å². The molecule has 3 saturated carbocycles. The number of oxime groups is 1. The van der Waals surface area contributed by atoms with Crippen molar-refractivity contribution in [2.75, 3.05) is 19.8 Å². The number of nitrogens with one attached hydrogen (secondary N) is 1. The Morgan fingerprint density at radius 2 is 1.90 bits per heavy atom. The van der Waals surface area contributed by atoms with Crippen LogP contribution in [0.5, 0.6) is 0 Å². The topological polar surface area (TPSA) is 186 Å². The number of carboxylic acids is 1. The second kappa shape index (κ2) is 10.8. The minimum atomic E-state index is -1.62. The zero-order valence-electron chi connectivity index (χ0n) is 23.9. The molecule has 0 radical (unpaired) electrons. The molecule has 0 saturated heterocycles. The molecule has 4 aliphatic carbocycles. The summed E-state index contributed by atoms with van der Waals surface area (Å²) in [4.78, 5) is 41.1. The minimum Gasteiger partial charge on any atom is -0.479 e. The third kappa shape index (κ3) is 4.99. The van der Waals surface area contributed by atoms with Crippen LogP contribution in [0.2, 0.25) is 0 Å². The first-order valence-corrected chi connectivity index (χ1v) is 14.2. The van der Waals surface area contributed by atoms with Gasteiger partial charge in [-0.1, -0.05) is 38.4 Å². The minimum absolute atomic E-state index is 0.0186. The van der Waals surface area contributed by atoms with E-state index in [0.29, 0.717) is 31.4 Å². The van der Waals surface area contributed by atoms with Gasteiger partial charge >= 0.3 is 5.97 Å². The number of aliphatic carboxylic acids is 1. The van der Waals surface area contributed by atoms with Crippen molar-refractivity contribution in [3.05, 3.63) is 11.6 Å². The van der Waals surface area contributed by atoms with Gasteiger partial charge in [-0.05, 0) is 74.2 Å². The maximum Gasteiger partial charge on any atom is 0.333 e. The SMILES string of the molecule is CC(C)(CNC(=O)CO/N=C1\C=C2CC[C@H]3[C@@H]([C@@H](O)C[C@@]4(C)[C@H]3CC[C@]4(O)C(=O)CO)[C@@]2(C)CC1)[C@H](O)C(=O)O. The highest BCUT2D eigenvalue weighted by Gasteiger charge is 2.68. The van der Waals surface area contributed by atoms with Gasteiger partial charge in [0.15, 0.2) is 18.5 Å². The van der Waals surface area contributed by atoms with E-state index in [4.69, 9.17) is 9.94 Å². The Bertz CT molecular complexity index is 1100. The van der Waals surface area contributed by atoms with Crippen LogP contribution in [0.4, 0.5) is 0 Å². The van der Waals surface area contributed by atoms with Crippen LogP contribution in [0.25, 0.3) is 0 Å². The van der Waals surface area contributed by atoms with Gasteiger partial charge in [0.05, 0.1) is 11.8 Å². The van der Waals surface area contributed by atoms with Crippen LogP contribution in [0.1, 0.15) is 72.6 Å². The average Bonchev–Trinajstić information content (AvgIpc) is 3.17. The van der Waals surface area contributed by atoms with Gasteiger partial charge in [0, 0.05) is 17.4 Å². The Morgan fingerprint density at radius 3 is 2.55 bits per heavy atom. The standard InChI is InChI=1S/C29H44N2O9/c1-26(2,24(36)25(37)38)15-30-22(35)14-40-31-17-7-9-27(3)16(11-17)5-6-18-19-8-10-29(39,21(34)13-32)28(19,4)12-20(33)23(18)27/h11,18-20,23-24,32-33,36,39H,5-10,12-15H2,1-4H3,(H,30,35)(H,37,38)/b31-17-/t18-,19+,20+,23+,24-,27+,28+,29+/m1/s1. The van der Waals surface area contributed by atoms with E-state index in [2.05, 4.69) is 17.4 Å². The van der Waals surface area contributed by atoms with Gasteiger partial charge in [0.2, 0.25) is 0 Å². The molecule has 11 heteroatoms. The number of carbonyl (C=O) groups is 3. The number of hydrogen-bond acceptors (Lipinski definition) is 9. The number of carboxylic acid groups (broad SMARTS) is 1. The van der Waals surface area contributed by atoms with E-state index in [1.807, 2.05) is 13.0 Å². The molecule has 3 fully saturated rings. The van der Waals surface area contributed by atoms with Crippen molar-refractivity contribution >= 4 is 23.4 Å². The Hall–Kier alpha value is -2.34. The van der Waals surface area contributed by atoms with Gasteiger partial charge in [0.25, 0.3) is 5.91 Å². The van der Waals surface area contributed by atoms with Crippen molar-refractivity contribution in [1.29, 1.82) is 0 Å². The second-order valence-electron chi connectivity index (χ2n) is 13.5. The molecule has 0 bridgehead atoms. The summed E-state index contributed by atoms with van der Waals surface area (Å²) in [5.74, 6) is -2.18. The molecular weight excluding hydrogens is 520 g/mol. The number of aliphatic hydroxyl groups is 4. The molecule has 11 nitrogen and oxygen atoms in total. The van der Waals surface area contributed by atoms with E-state index < -0.39 is 52.9 Å². The number of ketones is 1. The first-order valence-electron chi connectivity index (χ1n) is 14.2. The van der Waals surface area contributed by atoms with Crippen molar-refractivity contribution in [1.82, 2.24) is 5.32 Å². The van der Waals surface area contributed by atoms with Crippen LogP contribution in [-0.4, -0.2) is 86.5 Å². The molecule has 0 aliphatic heterocycles. The summed E-state index contributed by atoms with van der Waals surface area (Å²) in [5.41, 5.74) is -1.83. The molecule has 40 heavy (non-hydrogen) atoms. The summed E-state index contributed by atoms with van der Waals surface area (Å²) in [6.45, 7) is 6.07. The fraction of sp³-hybridized carbons (Fsp3) is 0.793. The molecule has 8 atom stereocenters. The van der Waals surface area contributed by atoms with E-state index >= 15 is 0 Å². The van der Waals surface area contributed by atoms with E-state index in [9.17, 15) is 34.8 Å². The highest BCUT2D eigenvalue weighted by Crippen LogP contribution is 2.67. The van der Waals surface area contributed by atoms with Crippen molar-refractivity contribution in [3.63, 3.8) is 0 Å². The summed E-state index contributed by atoms with van der Waals surface area (Å²) < 4.78 is 0. The molecule has 4 aliphatic rings. The van der Waals surface area contributed by atoms with Gasteiger partial charge < -0.3 is 35.7 Å². The summed E-state index contributed by atoms with van der Waals surface area (Å²) in [6.07, 6.45) is 3.96. The predicted octanol–water partition coefficient (Wildman–Crippen LogP) is 1.17. The first kappa shape index (κ1) is 30.6. The summed E-state index contributed by atoms with van der Waals surface area (Å²) >= 11 is 0. The van der Waals surface area contributed by atoms with Crippen molar-refractivity contribution in [2.45, 2.75) is 90.4 Å². The molecule has 0 aromatic rings. The summed E-state index contributed by atoms with van der Waals surface area (Å²) in [5, 5.41) is 57.9. The Labute approximate surface area is 234 Å². The van der Waals surface area contributed by atoms with Crippen LogP contribution in [0.15, 0.2) is 16.8 Å². The number of allylic oxidation sites excluding steroid dienone is 2. The predicted molar refractivity (Wildman–Crippen MR) is 144 cm³/mol. The third-order valence-corrected chi connectivity index (χ3v) is 10.8. The number of Topliss-reactive ketones (excluding diaryl/α,β-unsaturated/α-hetero) is 1. The molecular formula is C29H44N2O9. The number of amides is 1. The number of nitrogens with zero attached hydrogens (tertiary/aromatic N) is 1. The van der Waals surface area contributed by atoms with E-state index in [-0.39, 0.29) is 36.3 Å². The fourth-order valence-corrected chi connectivity index (χ4v) is 8.35. The normalized spacial score (nSPS) is 38.9. The van der Waals surface area contributed by atoms with E-state index in [0.717, 1.165) is 19.3 Å². The maximum atomic E-state index is 12.6. The van der Waals surface area contributed by atoms with E-state index in [1.54, 1.807) is 13.8 Å². The van der Waals surface area contributed by atoms with Gasteiger partial charge in [-0.2, -0.15) is 0 Å². The smallest absolute Gasteiger partial charge is 0.333 e. The van der Waals surface area contributed by atoms with Crippen LogP contribution in [0.3, 0.4) is 0 Å². The summed E-state index contributed by atoms with van der Waals surface area (Å²) in [7, 11) is 0. The number of aliphatic hydroxyl groups excluding tert-OH is 3. The Kier molecular flexibility index (Phi) is 8.28. The number of hydrogen-bond donors (Lipinski definition) is 6. The van der Waals surface area contributed by atoms with Crippen LogP contribution >= 0.6 is 0 Å². The Morgan fingerprint density at radius 1 is 1.20 bits per heavy atom. The average molecular weight is 565 g/mol. The van der Waals surface area contributed by atoms with Crippen LogP contribution in [0, 0.1) is 34.0 Å². The number of fused-ring (bicyclic) bond motifs is 5. The molecule has 4 rings (SSSR count). The largest absolute Gasteiger partial charge is 0.479 e. The lowest BCUT2D eigenvalue weighted by atomic mass is 9.45. The fourth-order valence-electron chi connectivity index (χ4n) is 8.35. The lowest BCUT2D eigenvalue weighted by Crippen LogP contribution is -2.62. The summed E-state index contributed by atoms with van der Waals surface area (Å²) in [6, 6.07) is 0. The quantitative estimate of drug-likeness (QED) is 0.224. The van der Waals surface area contributed by atoms with E-state index in [1.165, 1.54) is 5.57 Å². The maximum absolute atomic E-state index is 12.6. The molecule has 0 aromatic carbocycles. The molecule has 0 spiro atoms. The van der Waals surface area contributed by atoms with Crippen molar-refractivity contribution < 1.29 is 44.8 Å². The molecule has 1 amide bonds. The number of carbonyl (C=O) groups excluding carboxylic acids is 2. The highest BCUT2D eigenvalue weighted by atomic mass is 16.6. The molecule has 224 valence electrons. The van der Waals surface area contributed by atoms with Crippen molar-refractivity contribution in [2.24, 2.45) is 39.2 Å². The lowest BCUT2D eigenvalue weighted by Gasteiger charge is -2.60. The van der Waals surface area contributed by atoms with Gasteiger partial charge in [0.1, 0.15) is 12.2 Å². The monoisotopic (exact) mass is 564 g/mol.